The van der Waals surface area contributed by atoms with Crippen LogP contribution in [0.2, 0.25) is 0 Å². The third kappa shape index (κ3) is 6.84. The Kier molecular flexibility index (Phi) is 9.35. The highest BCUT2D eigenvalue weighted by atomic mass is 32.2. The molecule has 2 N–H and O–H groups in total. The Morgan fingerprint density at radius 2 is 1.46 bits per heavy atom. The topological polar surface area (TPSA) is 140 Å². The molecule has 1 aromatic heterocycles. The average Bonchev–Trinajstić information content (AvgIpc) is 3.76. The van der Waals surface area contributed by atoms with E-state index in [2.05, 4.69) is 15.5 Å². The fraction of sp³-hybridized carbons (Fsp3) is 0.175. The molecule has 8 rings (SSSR count). The number of nitrogens with zero attached hydrogens (tertiary/aromatic N) is 5. The number of carbonyl (C=O) groups excluding carboxylic acids is 2. The number of amides is 2. The Morgan fingerprint density at radius 1 is 0.750 bits per heavy atom. The van der Waals surface area contributed by atoms with Crippen molar-refractivity contribution >= 4 is 23.6 Å². The molecule has 5 aromatic carbocycles. The third-order valence-electron chi connectivity index (χ3n) is 9.19. The van der Waals surface area contributed by atoms with Crippen LogP contribution in [0.1, 0.15) is 61.8 Å². The SMILES string of the molecule is O=C1c2ccccc2C(=O)N1Cc1cccc(-c2cccc(C3OC(CSc4nnnn4-c4ccc(O)cc4)CC(c4ccc(CO)cc4)O3)c2)c1. The highest BCUT2D eigenvalue weighted by molar-refractivity contribution is 7.99. The molecule has 2 amide bonds. The summed E-state index contributed by atoms with van der Waals surface area (Å²) in [4.78, 5) is 27.3. The smallest absolute Gasteiger partial charge is 0.261 e. The number of ether oxygens (including phenoxy) is 2. The Balaban J connectivity index is 1.03. The summed E-state index contributed by atoms with van der Waals surface area (Å²) >= 11 is 1.47. The van der Waals surface area contributed by atoms with Crippen molar-refractivity contribution in [1.82, 2.24) is 25.1 Å². The van der Waals surface area contributed by atoms with Crippen LogP contribution in [0.5, 0.6) is 5.75 Å². The summed E-state index contributed by atoms with van der Waals surface area (Å²) in [6.45, 7) is 0.125. The molecule has 0 radical (unpaired) electrons. The van der Waals surface area contributed by atoms with Crippen molar-refractivity contribution in [2.24, 2.45) is 0 Å². The maximum absolute atomic E-state index is 13.0. The summed E-state index contributed by atoms with van der Waals surface area (Å²) in [5.74, 6) is 0.127. The molecule has 3 atom stereocenters. The number of rotatable bonds is 10. The van der Waals surface area contributed by atoms with Crippen LogP contribution >= 0.6 is 11.8 Å². The monoisotopic (exact) mass is 711 g/mol. The Morgan fingerprint density at radius 3 is 2.19 bits per heavy atom. The molecule has 0 saturated carbocycles. The van der Waals surface area contributed by atoms with Crippen molar-refractivity contribution in [3.8, 4) is 22.6 Å². The van der Waals surface area contributed by atoms with E-state index in [-0.39, 0.29) is 42.9 Å². The fourth-order valence-electron chi connectivity index (χ4n) is 6.49. The van der Waals surface area contributed by atoms with Crippen LogP contribution in [-0.4, -0.2) is 59.0 Å². The number of fused-ring (bicyclic) bond motifs is 1. The van der Waals surface area contributed by atoms with Crippen molar-refractivity contribution in [2.45, 2.75) is 43.2 Å². The summed E-state index contributed by atoms with van der Waals surface area (Å²) in [5, 5.41) is 32.2. The molecule has 6 aromatic rings. The van der Waals surface area contributed by atoms with Gasteiger partial charge in [0.2, 0.25) is 5.16 Å². The summed E-state index contributed by atoms with van der Waals surface area (Å²) in [6, 6.07) is 37.1. The lowest BCUT2D eigenvalue weighted by atomic mass is 9.99. The highest BCUT2D eigenvalue weighted by Gasteiger charge is 2.35. The Bertz CT molecular complexity index is 2210. The number of tetrazole rings is 1. The zero-order valence-corrected chi connectivity index (χ0v) is 28.6. The molecule has 0 bridgehead atoms. The highest BCUT2D eigenvalue weighted by Crippen LogP contribution is 2.40. The van der Waals surface area contributed by atoms with Gasteiger partial charge in [0.05, 0.1) is 42.2 Å². The van der Waals surface area contributed by atoms with E-state index in [1.165, 1.54) is 16.7 Å². The number of phenols is 1. The summed E-state index contributed by atoms with van der Waals surface area (Å²) in [6.07, 6.45) is -0.612. The third-order valence-corrected chi connectivity index (χ3v) is 10.2. The second kappa shape index (κ2) is 14.5. The van der Waals surface area contributed by atoms with Gasteiger partial charge in [0.1, 0.15) is 5.75 Å². The summed E-state index contributed by atoms with van der Waals surface area (Å²) in [5.41, 5.74) is 6.91. The number of imide groups is 1. The zero-order valence-electron chi connectivity index (χ0n) is 27.8. The first-order chi connectivity index (χ1) is 25.4. The van der Waals surface area contributed by atoms with E-state index in [4.69, 9.17) is 9.47 Å². The van der Waals surface area contributed by atoms with Gasteiger partial charge < -0.3 is 19.7 Å². The van der Waals surface area contributed by atoms with Gasteiger partial charge >= 0.3 is 0 Å². The molecule has 0 aliphatic carbocycles. The van der Waals surface area contributed by atoms with Gasteiger partial charge in [-0.15, -0.1) is 5.10 Å². The first-order valence-corrected chi connectivity index (χ1v) is 17.8. The first-order valence-electron chi connectivity index (χ1n) is 16.8. The molecule has 12 heteroatoms. The van der Waals surface area contributed by atoms with Crippen LogP contribution in [0.25, 0.3) is 16.8 Å². The molecule has 260 valence electrons. The Hall–Kier alpha value is -5.66. The van der Waals surface area contributed by atoms with Gasteiger partial charge in [0, 0.05) is 17.7 Å². The van der Waals surface area contributed by atoms with Crippen LogP contribution < -0.4 is 0 Å². The number of aliphatic hydroxyl groups is 1. The van der Waals surface area contributed by atoms with Crippen molar-refractivity contribution < 1.29 is 29.3 Å². The Labute approximate surface area is 303 Å². The minimum Gasteiger partial charge on any atom is -0.508 e. The first kappa shape index (κ1) is 33.5. The van der Waals surface area contributed by atoms with Crippen LogP contribution in [0, 0.1) is 0 Å². The van der Waals surface area contributed by atoms with Gasteiger partial charge in [-0.25, -0.2) is 0 Å². The molecule has 11 nitrogen and oxygen atoms in total. The number of benzene rings is 5. The minimum absolute atomic E-state index is 0.0428. The largest absolute Gasteiger partial charge is 0.508 e. The van der Waals surface area contributed by atoms with Crippen molar-refractivity contribution in [3.05, 3.63) is 155 Å². The van der Waals surface area contributed by atoms with Gasteiger partial charge in [-0.3, -0.25) is 14.5 Å². The molecular weight excluding hydrogens is 679 g/mol. The number of hydrogen-bond acceptors (Lipinski definition) is 10. The number of aromatic nitrogens is 4. The van der Waals surface area contributed by atoms with Gasteiger partial charge in [-0.05, 0) is 86.8 Å². The molecule has 2 aliphatic heterocycles. The lowest BCUT2D eigenvalue weighted by molar-refractivity contribution is -0.245. The number of phenolic OH excluding ortho intramolecular Hbond substituents is 1. The van der Waals surface area contributed by atoms with Gasteiger partial charge in [0.25, 0.3) is 11.8 Å². The van der Waals surface area contributed by atoms with Crippen molar-refractivity contribution in [2.75, 3.05) is 5.75 Å². The van der Waals surface area contributed by atoms with Crippen LogP contribution in [0.15, 0.2) is 126 Å². The number of thioether (sulfide) groups is 1. The average molecular weight is 712 g/mol. The van der Waals surface area contributed by atoms with Crippen molar-refractivity contribution in [3.63, 3.8) is 0 Å². The predicted octanol–water partition coefficient (Wildman–Crippen LogP) is 6.66. The quantitative estimate of drug-likeness (QED) is 0.117. The number of carbonyl (C=O) groups is 2. The second-order valence-electron chi connectivity index (χ2n) is 12.6. The maximum Gasteiger partial charge on any atom is 0.261 e. The number of aliphatic hydroxyl groups excluding tert-OH is 1. The minimum atomic E-state index is -0.684. The molecule has 0 spiro atoms. The standard InChI is InChI=1S/C40H33N5O6S/c46-23-25-11-13-27(14-12-25)36-21-33(24-52-40-41-42-43-45(40)31-15-17-32(47)18-16-31)50-39(51-36)30-8-4-7-29(20-30)28-6-3-5-26(19-28)22-44-37(48)34-9-1-2-10-35(34)38(44)49/h1-20,33,36,39,46-47H,21-24H2. The van der Waals surface area contributed by atoms with E-state index >= 15 is 0 Å². The zero-order chi connectivity index (χ0) is 35.6. The van der Waals surface area contributed by atoms with E-state index in [1.807, 2.05) is 72.8 Å². The number of aromatic hydroxyl groups is 1. The molecule has 1 fully saturated rings. The van der Waals surface area contributed by atoms with E-state index in [0.717, 1.165) is 39.1 Å². The van der Waals surface area contributed by atoms with Crippen LogP contribution in [-0.2, 0) is 22.6 Å². The number of hydrogen-bond donors (Lipinski definition) is 2. The fourth-order valence-corrected chi connectivity index (χ4v) is 7.40. The lowest BCUT2D eigenvalue weighted by Gasteiger charge is -2.36. The van der Waals surface area contributed by atoms with Crippen molar-refractivity contribution in [1.29, 1.82) is 0 Å². The lowest BCUT2D eigenvalue weighted by Crippen LogP contribution is -2.31. The molecule has 2 aliphatic rings. The summed E-state index contributed by atoms with van der Waals surface area (Å²) in [7, 11) is 0. The summed E-state index contributed by atoms with van der Waals surface area (Å²) < 4.78 is 14.9. The van der Waals surface area contributed by atoms with Gasteiger partial charge in [0.15, 0.2) is 6.29 Å². The molecule has 52 heavy (non-hydrogen) atoms. The molecule has 1 saturated heterocycles. The van der Waals surface area contributed by atoms with Crippen LogP contribution in [0.4, 0.5) is 0 Å². The molecular formula is C40H33N5O6S. The van der Waals surface area contributed by atoms with Crippen LogP contribution in [0.3, 0.4) is 0 Å². The predicted molar refractivity (Wildman–Crippen MR) is 192 cm³/mol. The molecule has 3 unspecified atom stereocenters. The van der Waals surface area contributed by atoms with E-state index in [1.54, 1.807) is 53.2 Å². The molecule has 3 heterocycles. The van der Waals surface area contributed by atoms with E-state index in [9.17, 15) is 19.8 Å². The normalized spacial score (nSPS) is 18.5. The van der Waals surface area contributed by atoms with E-state index < -0.39 is 6.29 Å². The van der Waals surface area contributed by atoms with Gasteiger partial charge in [-0.2, -0.15) is 4.68 Å². The van der Waals surface area contributed by atoms with Gasteiger partial charge in [-0.1, -0.05) is 84.6 Å². The van der Waals surface area contributed by atoms with E-state index in [0.29, 0.717) is 28.5 Å². The maximum atomic E-state index is 13.0. The second-order valence-corrected chi connectivity index (χ2v) is 13.6.